The highest BCUT2D eigenvalue weighted by atomic mass is 32.2. The van der Waals surface area contributed by atoms with E-state index in [9.17, 15) is 8.42 Å². The molecule has 168 valence electrons. The van der Waals surface area contributed by atoms with E-state index in [4.69, 9.17) is 10.2 Å². The van der Waals surface area contributed by atoms with Gasteiger partial charge in [-0.3, -0.25) is 0 Å². The molecular weight excluding hydrogens is 442 g/mol. The Bertz CT molecular complexity index is 1370. The van der Waals surface area contributed by atoms with Crippen LogP contribution in [0.2, 0.25) is 0 Å². The summed E-state index contributed by atoms with van der Waals surface area (Å²) in [4.78, 5) is 9.00. The number of nitrogens with zero attached hydrogens (tertiary/aromatic N) is 5. The Morgan fingerprint density at radius 3 is 2.33 bits per heavy atom. The number of piperazine rings is 1. The first kappa shape index (κ1) is 21.2. The fourth-order valence-electron chi connectivity index (χ4n) is 3.54. The summed E-state index contributed by atoms with van der Waals surface area (Å²) in [6.07, 6.45) is 1.52. The summed E-state index contributed by atoms with van der Waals surface area (Å²) in [7, 11) is -3.54. The predicted molar refractivity (Wildman–Crippen MR) is 122 cm³/mol. The van der Waals surface area contributed by atoms with Crippen molar-refractivity contribution in [3.63, 3.8) is 0 Å². The average molecular weight is 464 g/mol. The third-order valence-electron chi connectivity index (χ3n) is 5.31. The molecule has 3 heterocycles. The van der Waals surface area contributed by atoms with Gasteiger partial charge in [-0.25, -0.2) is 18.4 Å². The van der Waals surface area contributed by atoms with Gasteiger partial charge in [0.25, 0.3) is 5.89 Å². The number of nitrogen functional groups attached to an aromatic ring is 1. The highest BCUT2D eigenvalue weighted by Gasteiger charge is 2.25. The van der Waals surface area contributed by atoms with Crippen molar-refractivity contribution in [3.8, 4) is 34.3 Å². The Hall–Kier alpha value is -3.67. The summed E-state index contributed by atoms with van der Waals surface area (Å²) < 4.78 is 33.0. The number of nitrogens with one attached hydrogen (secondary N) is 1. The third-order valence-corrected chi connectivity index (χ3v) is 7.23. The van der Waals surface area contributed by atoms with Gasteiger partial charge in [0.1, 0.15) is 0 Å². The summed E-state index contributed by atoms with van der Waals surface area (Å²) in [5.41, 5.74) is 8.25. The minimum absolute atomic E-state index is 0.151. The van der Waals surface area contributed by atoms with Crippen LogP contribution < -0.4 is 11.1 Å². The van der Waals surface area contributed by atoms with Gasteiger partial charge in [0, 0.05) is 37.3 Å². The first-order valence-corrected chi connectivity index (χ1v) is 11.8. The molecule has 33 heavy (non-hydrogen) atoms. The Labute approximate surface area is 190 Å². The maximum atomic E-state index is 12.9. The van der Waals surface area contributed by atoms with E-state index in [1.54, 1.807) is 24.3 Å². The lowest BCUT2D eigenvalue weighted by Crippen LogP contribution is -2.46. The number of nitrogens with two attached hydrogens (primary N) is 1. The minimum atomic E-state index is -3.54. The van der Waals surface area contributed by atoms with E-state index in [0.29, 0.717) is 43.3 Å². The molecule has 10 nitrogen and oxygen atoms in total. The van der Waals surface area contributed by atoms with Crippen LogP contribution in [0.25, 0.3) is 34.3 Å². The molecule has 11 heteroatoms. The summed E-state index contributed by atoms with van der Waals surface area (Å²) in [6, 6.07) is 15.9. The SMILES string of the molecule is Nc1ncc(-c2ccc(S(=O)(=O)N3CCNCC3)cc2)nc1-c1nnc(-c2ccccc2)o1. The van der Waals surface area contributed by atoms with Crippen molar-refractivity contribution >= 4 is 15.8 Å². The summed E-state index contributed by atoms with van der Waals surface area (Å²) in [5, 5.41) is 11.3. The van der Waals surface area contributed by atoms with Crippen molar-refractivity contribution in [3.05, 3.63) is 60.8 Å². The molecule has 0 aliphatic carbocycles. The molecule has 1 fully saturated rings. The van der Waals surface area contributed by atoms with Gasteiger partial charge in [-0.15, -0.1) is 10.2 Å². The van der Waals surface area contributed by atoms with Crippen LogP contribution in [0.1, 0.15) is 0 Å². The predicted octanol–water partition coefficient (Wildman–Crippen LogP) is 2.04. The first-order valence-electron chi connectivity index (χ1n) is 10.4. The smallest absolute Gasteiger partial charge is 0.270 e. The lowest BCUT2D eigenvalue weighted by Gasteiger charge is -2.26. The van der Waals surface area contributed by atoms with Crippen LogP contribution in [-0.4, -0.2) is 59.1 Å². The number of hydrogen-bond acceptors (Lipinski definition) is 9. The lowest BCUT2D eigenvalue weighted by molar-refractivity contribution is 0.360. The van der Waals surface area contributed by atoms with Gasteiger partial charge in [-0.1, -0.05) is 30.3 Å². The Morgan fingerprint density at radius 2 is 1.61 bits per heavy atom. The van der Waals surface area contributed by atoms with Crippen LogP contribution in [0.3, 0.4) is 0 Å². The monoisotopic (exact) mass is 463 g/mol. The minimum Gasteiger partial charge on any atom is -0.414 e. The topological polar surface area (TPSA) is 140 Å². The Morgan fingerprint density at radius 1 is 0.909 bits per heavy atom. The number of benzene rings is 2. The van der Waals surface area contributed by atoms with Crippen molar-refractivity contribution in [1.82, 2.24) is 29.8 Å². The van der Waals surface area contributed by atoms with Crippen LogP contribution in [0.5, 0.6) is 0 Å². The fourth-order valence-corrected chi connectivity index (χ4v) is 4.98. The van der Waals surface area contributed by atoms with Crippen molar-refractivity contribution in [2.24, 2.45) is 0 Å². The van der Waals surface area contributed by atoms with E-state index in [0.717, 1.165) is 5.56 Å². The molecule has 1 saturated heterocycles. The molecule has 2 aromatic heterocycles. The highest BCUT2D eigenvalue weighted by Crippen LogP contribution is 2.28. The van der Waals surface area contributed by atoms with Gasteiger partial charge in [0.05, 0.1) is 16.8 Å². The van der Waals surface area contributed by atoms with Crippen LogP contribution in [0.4, 0.5) is 5.82 Å². The second kappa shape index (κ2) is 8.70. The molecular formula is C22H21N7O3S. The zero-order valence-electron chi connectivity index (χ0n) is 17.5. The van der Waals surface area contributed by atoms with E-state index >= 15 is 0 Å². The van der Waals surface area contributed by atoms with Crippen LogP contribution in [0, 0.1) is 0 Å². The van der Waals surface area contributed by atoms with Gasteiger partial charge in [-0.2, -0.15) is 4.31 Å². The van der Waals surface area contributed by atoms with E-state index in [2.05, 4.69) is 25.5 Å². The molecule has 1 aliphatic rings. The molecule has 0 amide bonds. The van der Waals surface area contributed by atoms with Gasteiger partial charge in [0.15, 0.2) is 11.5 Å². The van der Waals surface area contributed by atoms with Crippen LogP contribution in [-0.2, 0) is 10.0 Å². The maximum absolute atomic E-state index is 12.9. The zero-order chi connectivity index (χ0) is 22.8. The van der Waals surface area contributed by atoms with E-state index < -0.39 is 10.0 Å². The summed E-state index contributed by atoms with van der Waals surface area (Å²) in [6.45, 7) is 2.18. The van der Waals surface area contributed by atoms with E-state index in [1.165, 1.54) is 10.5 Å². The number of sulfonamides is 1. The molecule has 0 saturated carbocycles. The van der Waals surface area contributed by atoms with Gasteiger partial charge >= 0.3 is 0 Å². The first-order chi connectivity index (χ1) is 16.0. The third kappa shape index (κ3) is 4.21. The van der Waals surface area contributed by atoms with Gasteiger partial charge < -0.3 is 15.5 Å². The standard InChI is InChI=1S/C22H21N7O3S/c23-20-19(22-28-27-21(32-22)16-4-2-1-3-5-16)26-18(14-25-20)15-6-8-17(9-7-15)33(30,31)29-12-10-24-11-13-29/h1-9,14,24H,10-13H2,(H2,23,25). The number of hydrogen-bond donors (Lipinski definition) is 2. The largest absolute Gasteiger partial charge is 0.414 e. The molecule has 0 unspecified atom stereocenters. The number of rotatable bonds is 5. The molecule has 0 atom stereocenters. The molecule has 5 rings (SSSR count). The van der Waals surface area contributed by atoms with E-state index in [1.807, 2.05) is 30.3 Å². The number of anilines is 1. The Balaban J connectivity index is 1.43. The molecule has 2 aromatic carbocycles. The second-order valence-electron chi connectivity index (χ2n) is 7.45. The summed E-state index contributed by atoms with van der Waals surface area (Å²) in [5.74, 6) is 0.651. The van der Waals surface area contributed by atoms with Crippen molar-refractivity contribution in [2.45, 2.75) is 4.90 Å². The molecule has 0 spiro atoms. The van der Waals surface area contributed by atoms with E-state index in [-0.39, 0.29) is 22.3 Å². The second-order valence-corrected chi connectivity index (χ2v) is 9.38. The van der Waals surface area contributed by atoms with Gasteiger partial charge in [0.2, 0.25) is 15.9 Å². The van der Waals surface area contributed by atoms with Crippen molar-refractivity contribution in [1.29, 1.82) is 0 Å². The van der Waals surface area contributed by atoms with Crippen LogP contribution >= 0.6 is 0 Å². The summed E-state index contributed by atoms with van der Waals surface area (Å²) >= 11 is 0. The quantitative estimate of drug-likeness (QED) is 0.455. The average Bonchev–Trinajstić information content (AvgIpc) is 3.36. The molecule has 4 aromatic rings. The van der Waals surface area contributed by atoms with Crippen molar-refractivity contribution in [2.75, 3.05) is 31.9 Å². The van der Waals surface area contributed by atoms with Crippen molar-refractivity contribution < 1.29 is 12.8 Å². The van der Waals surface area contributed by atoms with Crippen LogP contribution in [0.15, 0.2) is 70.1 Å². The van der Waals surface area contributed by atoms with Gasteiger partial charge in [-0.05, 0) is 24.3 Å². The molecule has 1 aliphatic heterocycles. The normalized spacial score (nSPS) is 14.9. The zero-order valence-corrected chi connectivity index (χ0v) is 18.4. The Kier molecular flexibility index (Phi) is 5.58. The molecule has 0 bridgehead atoms. The highest BCUT2D eigenvalue weighted by molar-refractivity contribution is 7.89. The molecule has 3 N–H and O–H groups in total. The molecule has 0 radical (unpaired) electrons. The maximum Gasteiger partial charge on any atom is 0.270 e. The lowest BCUT2D eigenvalue weighted by atomic mass is 10.1. The fraction of sp³-hybridized carbons (Fsp3) is 0.182. The number of aromatic nitrogens is 4.